The van der Waals surface area contributed by atoms with E-state index in [0.29, 0.717) is 0 Å². The van der Waals surface area contributed by atoms with E-state index in [-0.39, 0.29) is 6.61 Å². The summed E-state index contributed by atoms with van der Waals surface area (Å²) in [6.45, 7) is 2.56. The van der Waals surface area contributed by atoms with Crippen LogP contribution in [0.25, 0.3) is 0 Å². The molecule has 4 saturated heterocycles. The number of carbonyl (C=O) groups is 4. The fraction of sp³-hybridized carbons (Fsp3) is 0.806. The lowest BCUT2D eigenvalue weighted by atomic mass is 9.94. The van der Waals surface area contributed by atoms with Gasteiger partial charge in [0.1, 0.15) is 85.3 Å². The molecule has 0 radical (unpaired) electrons. The monoisotopic (exact) mass is 976 g/mol. The minimum absolute atomic E-state index is 0.312. The number of amides is 2. The molecule has 4 heterocycles. The van der Waals surface area contributed by atoms with E-state index >= 15 is 0 Å². The predicted octanol–water partition coefficient (Wildman–Crippen LogP) is -8.41. The van der Waals surface area contributed by atoms with Gasteiger partial charge in [0.05, 0.1) is 19.8 Å². The lowest BCUT2D eigenvalue weighted by Crippen LogP contribution is -2.71. The van der Waals surface area contributed by atoms with Gasteiger partial charge in [-0.25, -0.2) is 18.0 Å². The van der Waals surface area contributed by atoms with Gasteiger partial charge in [0, 0.05) is 13.8 Å². The number of hydrogen-bond acceptors (Lipinski definition) is 25. The second-order valence-corrected chi connectivity index (χ2v) is 16.5. The molecule has 20 atom stereocenters. The molecule has 64 heavy (non-hydrogen) atoms. The maximum Gasteiger partial charge on any atom is 0.397 e. The van der Waals surface area contributed by atoms with Gasteiger partial charge < -0.3 is 94.5 Å². The van der Waals surface area contributed by atoms with Crippen LogP contribution < -0.4 is 10.6 Å². The molecule has 4 aliphatic rings. The lowest BCUT2D eigenvalue weighted by molar-refractivity contribution is -0.369. The van der Waals surface area contributed by atoms with Crippen molar-refractivity contribution in [2.24, 2.45) is 0 Å². The molecule has 31 nitrogen and oxygen atoms in total. The summed E-state index contributed by atoms with van der Waals surface area (Å²) in [6.07, 6.45) is -38.7. The number of nitrogens with one attached hydrogen (secondary N) is 2. The van der Waals surface area contributed by atoms with Gasteiger partial charge in [0.2, 0.25) is 11.8 Å². The molecule has 2 amide bonds. The average Bonchev–Trinajstić information content (AvgIpc) is 3.18. The first-order chi connectivity index (χ1) is 29.6. The molecule has 0 aromatic carbocycles. The maximum absolute atomic E-state index is 12.7. The van der Waals surface area contributed by atoms with Crippen molar-refractivity contribution in [3.63, 3.8) is 0 Å². The zero-order valence-electron chi connectivity index (χ0n) is 33.0. The van der Waals surface area contributed by atoms with Crippen LogP contribution >= 0.6 is 0 Å². The summed E-state index contributed by atoms with van der Waals surface area (Å²) in [5.74, 6) is -5.71. The number of carboxylic acids is 2. The maximum atomic E-state index is 12.7. The molecule has 0 unspecified atom stereocenters. The van der Waals surface area contributed by atoms with Crippen LogP contribution in [-0.4, -0.2) is 238 Å². The second kappa shape index (κ2) is 22.0. The molecule has 368 valence electrons. The van der Waals surface area contributed by atoms with E-state index in [4.69, 9.17) is 42.4 Å². The number of aliphatic hydroxyl groups is 7. The number of hydrogen-bond donors (Lipinski definition) is 13. The third-order valence-electron chi connectivity index (χ3n) is 9.70. The average molecular weight is 977 g/mol. The van der Waals surface area contributed by atoms with E-state index < -0.39 is 180 Å². The molecule has 0 saturated carbocycles. The van der Waals surface area contributed by atoms with Gasteiger partial charge in [0.15, 0.2) is 37.4 Å². The molecule has 13 N–H and O–H groups in total. The number of aliphatic carboxylic acids is 2. The Morgan fingerprint density at radius 2 is 0.969 bits per heavy atom. The summed E-state index contributed by atoms with van der Waals surface area (Å²) in [4.78, 5) is 49.2. The lowest BCUT2D eigenvalue weighted by Gasteiger charge is -2.50. The third kappa shape index (κ3) is 13.4. The van der Waals surface area contributed by atoms with Crippen LogP contribution in [0.3, 0.4) is 0 Å². The number of carboxylic acid groups (broad SMARTS) is 2. The molecule has 4 fully saturated rings. The number of rotatable bonds is 19. The first-order valence-electron chi connectivity index (χ1n) is 18.5. The Labute approximate surface area is 361 Å². The Morgan fingerprint density at radius 1 is 0.562 bits per heavy atom. The van der Waals surface area contributed by atoms with E-state index in [1.54, 1.807) is 0 Å². The summed E-state index contributed by atoms with van der Waals surface area (Å²) in [6, 6.07) is -3.63. The first kappa shape index (κ1) is 53.4. The Balaban J connectivity index is 1.70. The fourth-order valence-corrected chi connectivity index (χ4v) is 7.48. The molecule has 4 rings (SSSR count). The quantitative estimate of drug-likeness (QED) is 0.0422. The van der Waals surface area contributed by atoms with E-state index in [0.717, 1.165) is 13.8 Å². The van der Waals surface area contributed by atoms with Crippen LogP contribution in [0.2, 0.25) is 0 Å². The minimum Gasteiger partial charge on any atom is -0.479 e. The Morgan fingerprint density at radius 3 is 1.39 bits per heavy atom. The van der Waals surface area contributed by atoms with Crippen molar-refractivity contribution >= 4 is 44.6 Å². The Bertz CT molecular complexity index is 1880. The minimum atomic E-state index is -5.32. The molecule has 33 heteroatoms. The molecule has 4 aliphatic heterocycles. The van der Waals surface area contributed by atoms with E-state index in [1.807, 2.05) is 0 Å². The zero-order chi connectivity index (χ0) is 48.2. The molecular weight excluding hydrogens is 928 g/mol. The fourth-order valence-electron chi connectivity index (χ4n) is 6.87. The molecule has 0 aliphatic carbocycles. The number of aliphatic hydroxyl groups excluding tert-OH is 7. The van der Waals surface area contributed by atoms with Crippen LogP contribution in [0.1, 0.15) is 13.8 Å². The van der Waals surface area contributed by atoms with Crippen molar-refractivity contribution in [2.45, 2.75) is 137 Å². The van der Waals surface area contributed by atoms with Crippen molar-refractivity contribution in [3.8, 4) is 0 Å². The summed E-state index contributed by atoms with van der Waals surface area (Å²) in [7, 11) is -10.5. The number of carbonyl (C=O) groups excluding carboxylic acids is 2. The SMILES string of the molecule is C=CCO[C@@H]1O[C@H](COS(=O)(=O)O)[C@H](O)[C@H](O[C@@H]2O[C@H](C(=O)O)[C@@H](O[C@@H]3O[C@H](COS(=O)(=O)O)[C@H](O)[C@H](O[C@@H]4O[C@H](C(=O)O)[C@@H](O)[C@H](O)[C@H]4O)[C@H]3NC(C)=O)[C@H](O)[C@H]2O)[C@H]1NC(C)=O. The predicted molar refractivity (Wildman–Crippen MR) is 193 cm³/mol. The van der Waals surface area contributed by atoms with Gasteiger partial charge in [0.25, 0.3) is 0 Å². The van der Waals surface area contributed by atoms with Crippen LogP contribution in [0.4, 0.5) is 0 Å². The standard InChI is InChI=1S/C31H48N2O29S2/c1-4-5-53-28-12(32-8(2)34)21(14(36)10(56-28)6-54-63(47,48)49)58-31-20(42)18(40)23(25(62-31)27(45)46)60-29-13(33-9(3)35)22(15(37)11(57-29)7-55-64(50,51)52)59-30-19(41)16(38)17(39)24(61-30)26(43)44/h4,10-25,28-31,36-42H,1,5-7H2,2-3H3,(H,32,34)(H,33,35)(H,43,44)(H,45,46)(H,47,48,49)(H,50,51,52)/t10-,11-,12-,13-,14+,15+,16+,17+,18-,19-,20-,21-,22-,23+,24+,25+,28-,29+,30-,31-/m1/s1. The zero-order valence-corrected chi connectivity index (χ0v) is 34.7. The highest BCUT2D eigenvalue weighted by molar-refractivity contribution is 7.81. The Hall–Kier alpha value is -3.24. The van der Waals surface area contributed by atoms with Crippen molar-refractivity contribution < 1.29 is 137 Å². The molecular formula is C31H48N2O29S2. The smallest absolute Gasteiger partial charge is 0.397 e. The molecule has 0 aromatic rings. The van der Waals surface area contributed by atoms with E-state index in [1.165, 1.54) is 6.08 Å². The van der Waals surface area contributed by atoms with Crippen molar-refractivity contribution in [1.82, 2.24) is 10.6 Å². The summed E-state index contributed by atoms with van der Waals surface area (Å²) >= 11 is 0. The summed E-state index contributed by atoms with van der Waals surface area (Å²) in [5.41, 5.74) is 0. The van der Waals surface area contributed by atoms with Gasteiger partial charge in [-0.2, -0.15) is 16.8 Å². The first-order valence-corrected chi connectivity index (χ1v) is 21.2. The van der Waals surface area contributed by atoms with Gasteiger partial charge in [-0.05, 0) is 0 Å². The largest absolute Gasteiger partial charge is 0.479 e. The van der Waals surface area contributed by atoms with Crippen molar-refractivity contribution in [2.75, 3.05) is 19.8 Å². The molecule has 0 aromatic heterocycles. The summed E-state index contributed by atoms with van der Waals surface area (Å²) in [5, 5.41) is 101. The van der Waals surface area contributed by atoms with Crippen LogP contribution in [0, 0.1) is 0 Å². The van der Waals surface area contributed by atoms with Gasteiger partial charge >= 0.3 is 32.7 Å². The highest BCUT2D eigenvalue weighted by atomic mass is 32.3. The number of ether oxygens (including phenoxy) is 8. The van der Waals surface area contributed by atoms with Crippen molar-refractivity contribution in [3.05, 3.63) is 12.7 Å². The van der Waals surface area contributed by atoms with E-state index in [9.17, 15) is 86.5 Å². The molecule has 0 spiro atoms. The van der Waals surface area contributed by atoms with E-state index in [2.05, 4.69) is 25.6 Å². The van der Waals surface area contributed by atoms with Gasteiger partial charge in [-0.1, -0.05) is 6.08 Å². The highest BCUT2D eigenvalue weighted by Crippen LogP contribution is 2.35. The van der Waals surface area contributed by atoms with Gasteiger partial charge in [-0.15, -0.1) is 6.58 Å². The normalized spacial score (nSPS) is 40.8. The van der Waals surface area contributed by atoms with Crippen LogP contribution in [0.5, 0.6) is 0 Å². The highest BCUT2D eigenvalue weighted by Gasteiger charge is 2.58. The van der Waals surface area contributed by atoms with Crippen LogP contribution in [0.15, 0.2) is 12.7 Å². The third-order valence-corrected chi connectivity index (χ3v) is 10.6. The topological polar surface area (TPSA) is 475 Å². The second-order valence-electron chi connectivity index (χ2n) is 14.3. The van der Waals surface area contributed by atoms with Gasteiger partial charge in [-0.3, -0.25) is 18.7 Å². The molecule has 0 bridgehead atoms. The van der Waals surface area contributed by atoms with Crippen molar-refractivity contribution in [1.29, 1.82) is 0 Å². The summed E-state index contributed by atoms with van der Waals surface area (Å²) < 4.78 is 117. The van der Waals surface area contributed by atoms with Crippen LogP contribution in [-0.2, 0) is 86.2 Å². The Kier molecular flexibility index (Phi) is 18.4.